The van der Waals surface area contributed by atoms with Gasteiger partial charge >= 0.3 is 5.97 Å². The van der Waals surface area contributed by atoms with Crippen molar-refractivity contribution < 1.29 is 18.7 Å². The van der Waals surface area contributed by atoms with Gasteiger partial charge < -0.3 is 5.11 Å². The second-order valence-corrected chi connectivity index (χ2v) is 5.23. The van der Waals surface area contributed by atoms with E-state index in [1.54, 1.807) is 0 Å². The van der Waals surface area contributed by atoms with E-state index in [1.807, 2.05) is 4.90 Å². The van der Waals surface area contributed by atoms with Gasteiger partial charge in [0, 0.05) is 17.7 Å². The molecule has 3 nitrogen and oxygen atoms in total. The molecule has 0 spiro atoms. The Kier molecular flexibility index (Phi) is 5.06. The largest absolute Gasteiger partial charge is 0.481 e. The average molecular weight is 283 g/mol. The molecule has 1 N–H and O–H groups in total. The molecule has 0 saturated carbocycles. The van der Waals surface area contributed by atoms with Gasteiger partial charge in [0.15, 0.2) is 0 Å². The number of nitrogens with zero attached hydrogens (tertiary/aromatic N) is 1. The number of halogens is 2. The maximum Gasteiger partial charge on any atom is 0.305 e. The average Bonchev–Trinajstić information content (AvgIpc) is 2.65. The van der Waals surface area contributed by atoms with Crippen LogP contribution in [-0.4, -0.2) is 29.1 Å². The van der Waals surface area contributed by atoms with E-state index in [0.29, 0.717) is 0 Å². The first-order valence-electron chi connectivity index (χ1n) is 6.98. The summed E-state index contributed by atoms with van der Waals surface area (Å²) in [6.07, 6.45) is 4.03. The van der Waals surface area contributed by atoms with E-state index in [0.717, 1.165) is 44.8 Å². The molecule has 1 atom stereocenters. The number of carboxylic acids is 1. The third kappa shape index (κ3) is 3.76. The SMILES string of the molecule is O=C(O)CC(c1ccc(F)cc1F)N1CCCCCC1. The molecule has 0 aliphatic carbocycles. The van der Waals surface area contributed by atoms with Gasteiger partial charge in [-0.3, -0.25) is 9.69 Å². The summed E-state index contributed by atoms with van der Waals surface area (Å²) < 4.78 is 27.0. The van der Waals surface area contributed by atoms with Gasteiger partial charge in [0.1, 0.15) is 11.6 Å². The highest BCUT2D eigenvalue weighted by molar-refractivity contribution is 5.68. The van der Waals surface area contributed by atoms with Gasteiger partial charge in [0.05, 0.1) is 6.42 Å². The van der Waals surface area contributed by atoms with Crippen LogP contribution < -0.4 is 0 Å². The van der Waals surface area contributed by atoms with Crippen molar-refractivity contribution >= 4 is 5.97 Å². The molecule has 0 amide bonds. The number of likely N-dealkylation sites (tertiary alicyclic amines) is 1. The monoisotopic (exact) mass is 283 g/mol. The molecule has 1 fully saturated rings. The van der Waals surface area contributed by atoms with Crippen LogP contribution >= 0.6 is 0 Å². The lowest BCUT2D eigenvalue weighted by atomic mass is 10.0. The molecule has 0 aromatic heterocycles. The maximum atomic E-state index is 13.9. The van der Waals surface area contributed by atoms with Gasteiger partial charge in [-0.1, -0.05) is 18.9 Å². The van der Waals surface area contributed by atoms with Gasteiger partial charge in [-0.15, -0.1) is 0 Å². The number of hydrogen-bond acceptors (Lipinski definition) is 2. The summed E-state index contributed by atoms with van der Waals surface area (Å²) in [6.45, 7) is 1.52. The lowest BCUT2D eigenvalue weighted by molar-refractivity contribution is -0.138. The minimum atomic E-state index is -0.969. The van der Waals surface area contributed by atoms with E-state index < -0.39 is 23.6 Å². The second kappa shape index (κ2) is 6.79. The van der Waals surface area contributed by atoms with Crippen LogP contribution in [0.1, 0.15) is 43.7 Å². The molecule has 1 aromatic rings. The lowest BCUT2D eigenvalue weighted by Crippen LogP contribution is -2.32. The summed E-state index contributed by atoms with van der Waals surface area (Å²) in [5.41, 5.74) is 0.274. The predicted octanol–water partition coefficient (Wildman–Crippen LogP) is 3.36. The van der Waals surface area contributed by atoms with E-state index in [-0.39, 0.29) is 12.0 Å². The van der Waals surface area contributed by atoms with Gasteiger partial charge in [-0.2, -0.15) is 0 Å². The van der Waals surface area contributed by atoms with Crippen LogP contribution in [0.2, 0.25) is 0 Å². The fraction of sp³-hybridized carbons (Fsp3) is 0.533. The quantitative estimate of drug-likeness (QED) is 0.921. The van der Waals surface area contributed by atoms with E-state index in [4.69, 9.17) is 5.11 Å². The van der Waals surface area contributed by atoms with Crippen LogP contribution in [0.4, 0.5) is 8.78 Å². The van der Waals surface area contributed by atoms with Crippen molar-refractivity contribution in [2.75, 3.05) is 13.1 Å². The lowest BCUT2D eigenvalue weighted by Gasteiger charge is -2.30. The van der Waals surface area contributed by atoms with Gasteiger partial charge in [0.2, 0.25) is 0 Å². The van der Waals surface area contributed by atoms with Crippen molar-refractivity contribution in [3.63, 3.8) is 0 Å². The minimum Gasteiger partial charge on any atom is -0.481 e. The molecule has 0 radical (unpaired) electrons. The number of aliphatic carboxylic acids is 1. The molecule has 1 aliphatic heterocycles. The highest BCUT2D eigenvalue weighted by atomic mass is 19.1. The topological polar surface area (TPSA) is 40.5 Å². The molecular formula is C15H19F2NO2. The summed E-state index contributed by atoms with van der Waals surface area (Å²) in [6, 6.07) is 2.85. The molecule has 1 heterocycles. The van der Waals surface area contributed by atoms with Crippen LogP contribution in [0.15, 0.2) is 18.2 Å². The first-order chi connectivity index (χ1) is 9.58. The Morgan fingerprint density at radius 1 is 1.20 bits per heavy atom. The molecule has 2 rings (SSSR count). The van der Waals surface area contributed by atoms with E-state index in [1.165, 1.54) is 12.1 Å². The van der Waals surface area contributed by atoms with Crippen LogP contribution in [0.5, 0.6) is 0 Å². The smallest absolute Gasteiger partial charge is 0.305 e. The second-order valence-electron chi connectivity index (χ2n) is 5.23. The summed E-state index contributed by atoms with van der Waals surface area (Å²) in [5, 5.41) is 9.07. The van der Waals surface area contributed by atoms with Gasteiger partial charge in [-0.25, -0.2) is 8.78 Å². The number of rotatable bonds is 4. The van der Waals surface area contributed by atoms with Crippen LogP contribution in [-0.2, 0) is 4.79 Å². The Labute approximate surface area is 117 Å². The number of carbonyl (C=O) groups is 1. The maximum absolute atomic E-state index is 13.9. The predicted molar refractivity (Wildman–Crippen MR) is 71.4 cm³/mol. The van der Waals surface area contributed by atoms with E-state index in [9.17, 15) is 13.6 Å². The van der Waals surface area contributed by atoms with Crippen LogP contribution in [0, 0.1) is 11.6 Å². The molecule has 20 heavy (non-hydrogen) atoms. The first kappa shape index (κ1) is 14.9. The fourth-order valence-corrected chi connectivity index (χ4v) is 2.78. The Morgan fingerprint density at radius 3 is 2.40 bits per heavy atom. The molecular weight excluding hydrogens is 264 g/mol. The Morgan fingerprint density at radius 2 is 1.85 bits per heavy atom. The zero-order valence-corrected chi connectivity index (χ0v) is 11.3. The molecule has 1 saturated heterocycles. The summed E-state index contributed by atoms with van der Waals surface area (Å²) in [5.74, 6) is -2.28. The zero-order valence-electron chi connectivity index (χ0n) is 11.3. The Hall–Kier alpha value is -1.49. The summed E-state index contributed by atoms with van der Waals surface area (Å²) in [4.78, 5) is 13.1. The minimum absolute atomic E-state index is 0.164. The van der Waals surface area contributed by atoms with Gasteiger partial charge in [-0.05, 0) is 32.0 Å². The van der Waals surface area contributed by atoms with Crippen molar-refractivity contribution in [3.8, 4) is 0 Å². The van der Waals surface area contributed by atoms with Crippen molar-refractivity contribution in [2.24, 2.45) is 0 Å². The molecule has 1 aliphatic rings. The molecule has 5 heteroatoms. The normalized spacial score (nSPS) is 18.5. The summed E-state index contributed by atoms with van der Waals surface area (Å²) >= 11 is 0. The molecule has 110 valence electrons. The molecule has 1 unspecified atom stereocenters. The first-order valence-corrected chi connectivity index (χ1v) is 6.98. The molecule has 1 aromatic carbocycles. The van der Waals surface area contributed by atoms with E-state index >= 15 is 0 Å². The van der Waals surface area contributed by atoms with Crippen LogP contribution in [0.25, 0.3) is 0 Å². The molecule has 0 bridgehead atoms. The van der Waals surface area contributed by atoms with Crippen molar-refractivity contribution in [2.45, 2.75) is 38.1 Å². The summed E-state index contributed by atoms with van der Waals surface area (Å²) in [7, 11) is 0. The Balaban J connectivity index is 2.27. The zero-order chi connectivity index (χ0) is 14.5. The van der Waals surface area contributed by atoms with Gasteiger partial charge in [0.25, 0.3) is 0 Å². The number of benzene rings is 1. The Bertz CT molecular complexity index is 471. The third-order valence-corrected chi connectivity index (χ3v) is 3.77. The highest BCUT2D eigenvalue weighted by Gasteiger charge is 2.26. The standard InChI is InChI=1S/C15H19F2NO2/c16-11-5-6-12(13(17)9-11)14(10-15(19)20)18-7-3-1-2-4-8-18/h5-6,9,14H,1-4,7-8,10H2,(H,19,20). The fourth-order valence-electron chi connectivity index (χ4n) is 2.78. The number of hydrogen-bond donors (Lipinski definition) is 1. The van der Waals surface area contributed by atoms with Crippen molar-refractivity contribution in [1.82, 2.24) is 4.90 Å². The van der Waals surface area contributed by atoms with Crippen LogP contribution in [0.3, 0.4) is 0 Å². The highest BCUT2D eigenvalue weighted by Crippen LogP contribution is 2.29. The number of carboxylic acid groups (broad SMARTS) is 1. The third-order valence-electron chi connectivity index (χ3n) is 3.77. The van der Waals surface area contributed by atoms with Crippen molar-refractivity contribution in [1.29, 1.82) is 0 Å². The van der Waals surface area contributed by atoms with E-state index in [2.05, 4.69) is 0 Å². The van der Waals surface area contributed by atoms with Crippen molar-refractivity contribution in [3.05, 3.63) is 35.4 Å².